The van der Waals surface area contributed by atoms with Crippen LogP contribution in [0.1, 0.15) is 32.6 Å². The lowest BCUT2D eigenvalue weighted by atomic mass is 10.1. The third-order valence-electron chi connectivity index (χ3n) is 4.34. The molecule has 1 saturated heterocycles. The molecule has 0 spiro atoms. The highest BCUT2D eigenvalue weighted by Crippen LogP contribution is 2.23. The van der Waals surface area contributed by atoms with E-state index in [1.54, 1.807) is 11.5 Å². The fourth-order valence-electron chi connectivity index (χ4n) is 3.20. The predicted octanol–water partition coefficient (Wildman–Crippen LogP) is 1.90. The van der Waals surface area contributed by atoms with Gasteiger partial charge in [0.1, 0.15) is 0 Å². The van der Waals surface area contributed by atoms with Gasteiger partial charge < -0.3 is 19.7 Å². The first kappa shape index (κ1) is 18.0. The SMILES string of the molecule is CC(C)=CCn1c(N2CCCC(NC(=O)O)C2)nc2nc(C)oc(=O)c21. The highest BCUT2D eigenvalue weighted by Gasteiger charge is 2.26. The van der Waals surface area contributed by atoms with E-state index in [0.29, 0.717) is 30.2 Å². The number of aryl methyl sites for hydroxylation is 1. The molecule has 1 aliphatic heterocycles. The number of carboxylic acid groups (broad SMARTS) is 1. The second-order valence-corrected chi connectivity index (χ2v) is 6.73. The molecule has 1 amide bonds. The van der Waals surface area contributed by atoms with E-state index in [0.717, 1.165) is 25.0 Å². The van der Waals surface area contributed by atoms with Crippen molar-refractivity contribution in [2.75, 3.05) is 18.0 Å². The number of anilines is 1. The van der Waals surface area contributed by atoms with Crippen LogP contribution in [0, 0.1) is 6.92 Å². The molecule has 2 aromatic heterocycles. The molecule has 1 unspecified atom stereocenters. The predicted molar refractivity (Wildman–Crippen MR) is 96.6 cm³/mol. The molecule has 0 radical (unpaired) electrons. The number of rotatable bonds is 4. The van der Waals surface area contributed by atoms with Crippen molar-refractivity contribution in [1.29, 1.82) is 0 Å². The molecule has 140 valence electrons. The largest absolute Gasteiger partial charge is 0.465 e. The smallest absolute Gasteiger partial charge is 0.404 e. The van der Waals surface area contributed by atoms with Gasteiger partial charge in [0, 0.05) is 32.6 Å². The monoisotopic (exact) mass is 361 g/mol. The van der Waals surface area contributed by atoms with E-state index < -0.39 is 11.7 Å². The Morgan fingerprint density at radius 1 is 1.42 bits per heavy atom. The Labute approximate surface area is 150 Å². The van der Waals surface area contributed by atoms with E-state index >= 15 is 0 Å². The van der Waals surface area contributed by atoms with E-state index in [-0.39, 0.29) is 11.9 Å². The number of amides is 1. The Kier molecular flexibility index (Phi) is 4.97. The van der Waals surface area contributed by atoms with E-state index in [2.05, 4.69) is 15.3 Å². The van der Waals surface area contributed by atoms with Crippen LogP contribution in [0.3, 0.4) is 0 Å². The number of hydrogen-bond donors (Lipinski definition) is 2. The Balaban J connectivity index is 2.05. The molecular weight excluding hydrogens is 338 g/mol. The molecule has 1 atom stereocenters. The molecule has 26 heavy (non-hydrogen) atoms. The molecule has 0 aliphatic carbocycles. The molecular formula is C17H23N5O4. The minimum Gasteiger partial charge on any atom is -0.465 e. The lowest BCUT2D eigenvalue weighted by Crippen LogP contribution is -2.48. The minimum atomic E-state index is -1.03. The summed E-state index contributed by atoms with van der Waals surface area (Å²) < 4.78 is 6.95. The Morgan fingerprint density at radius 2 is 2.19 bits per heavy atom. The fourth-order valence-corrected chi connectivity index (χ4v) is 3.20. The maximum absolute atomic E-state index is 12.4. The highest BCUT2D eigenvalue weighted by molar-refractivity contribution is 5.73. The molecule has 1 fully saturated rings. The summed E-state index contributed by atoms with van der Waals surface area (Å²) >= 11 is 0. The van der Waals surface area contributed by atoms with Crippen LogP contribution in [0.15, 0.2) is 20.9 Å². The lowest BCUT2D eigenvalue weighted by molar-refractivity contribution is 0.188. The Bertz CT molecular complexity index is 910. The average molecular weight is 361 g/mol. The standard InChI is InChI=1S/C17H23N5O4/c1-10(2)6-8-22-13-14(18-11(3)26-15(13)23)20-16(22)21-7-4-5-12(9-21)19-17(24)25/h6,12,19H,4-5,7-9H2,1-3H3,(H,24,25). The van der Waals surface area contributed by atoms with Gasteiger partial charge in [0.25, 0.3) is 0 Å². The van der Waals surface area contributed by atoms with Crippen molar-refractivity contribution in [2.24, 2.45) is 0 Å². The van der Waals surface area contributed by atoms with Gasteiger partial charge >= 0.3 is 11.7 Å². The van der Waals surface area contributed by atoms with Crippen LogP contribution in [0.4, 0.5) is 10.7 Å². The summed E-state index contributed by atoms with van der Waals surface area (Å²) in [6.45, 7) is 7.28. The van der Waals surface area contributed by atoms with E-state index in [9.17, 15) is 9.59 Å². The number of nitrogens with zero attached hydrogens (tertiary/aromatic N) is 4. The van der Waals surface area contributed by atoms with Gasteiger partial charge in [0.05, 0.1) is 0 Å². The average Bonchev–Trinajstić information content (AvgIpc) is 2.91. The van der Waals surface area contributed by atoms with Crippen molar-refractivity contribution >= 4 is 23.2 Å². The summed E-state index contributed by atoms with van der Waals surface area (Å²) in [7, 11) is 0. The van der Waals surface area contributed by atoms with E-state index in [1.165, 1.54) is 0 Å². The summed E-state index contributed by atoms with van der Waals surface area (Å²) in [4.78, 5) is 34.1. The molecule has 9 nitrogen and oxygen atoms in total. The molecule has 3 heterocycles. The summed E-state index contributed by atoms with van der Waals surface area (Å²) in [6.07, 6.45) is 2.57. The van der Waals surface area contributed by atoms with Crippen molar-refractivity contribution in [2.45, 2.75) is 46.2 Å². The Hall–Kier alpha value is -2.84. The second kappa shape index (κ2) is 7.19. The normalized spacial score (nSPS) is 17.3. The molecule has 2 aromatic rings. The number of hydrogen-bond acceptors (Lipinski definition) is 6. The molecule has 0 aromatic carbocycles. The van der Waals surface area contributed by atoms with Gasteiger partial charge in [0.15, 0.2) is 17.1 Å². The van der Waals surface area contributed by atoms with Gasteiger partial charge in [-0.15, -0.1) is 0 Å². The van der Waals surface area contributed by atoms with Crippen LogP contribution in [-0.4, -0.2) is 44.9 Å². The molecule has 0 saturated carbocycles. The number of carbonyl (C=O) groups is 1. The third-order valence-corrected chi connectivity index (χ3v) is 4.34. The third kappa shape index (κ3) is 3.71. The van der Waals surface area contributed by atoms with Gasteiger partial charge in [-0.25, -0.2) is 9.59 Å². The number of nitrogens with one attached hydrogen (secondary N) is 1. The zero-order chi connectivity index (χ0) is 18.8. The zero-order valence-corrected chi connectivity index (χ0v) is 15.2. The van der Waals surface area contributed by atoms with Crippen molar-refractivity contribution in [3.8, 4) is 0 Å². The maximum Gasteiger partial charge on any atom is 0.404 e. The first-order chi connectivity index (χ1) is 12.3. The van der Waals surface area contributed by atoms with Gasteiger partial charge in [-0.1, -0.05) is 11.6 Å². The topological polar surface area (TPSA) is 113 Å². The van der Waals surface area contributed by atoms with Crippen molar-refractivity contribution < 1.29 is 14.3 Å². The van der Waals surface area contributed by atoms with Crippen LogP contribution in [0.2, 0.25) is 0 Å². The van der Waals surface area contributed by atoms with Gasteiger partial charge in [-0.3, -0.25) is 4.57 Å². The van der Waals surface area contributed by atoms with Crippen LogP contribution >= 0.6 is 0 Å². The molecule has 9 heteroatoms. The highest BCUT2D eigenvalue weighted by atomic mass is 16.4. The number of aromatic nitrogens is 3. The van der Waals surface area contributed by atoms with Crippen LogP contribution < -0.4 is 15.8 Å². The van der Waals surface area contributed by atoms with Crippen LogP contribution in [0.5, 0.6) is 0 Å². The van der Waals surface area contributed by atoms with Gasteiger partial charge in [0.2, 0.25) is 5.95 Å². The summed E-state index contributed by atoms with van der Waals surface area (Å²) in [5, 5.41) is 11.5. The zero-order valence-electron chi connectivity index (χ0n) is 15.2. The van der Waals surface area contributed by atoms with Crippen LogP contribution in [0.25, 0.3) is 11.2 Å². The molecule has 1 aliphatic rings. The summed E-state index contributed by atoms with van der Waals surface area (Å²) in [5.74, 6) is 0.879. The Morgan fingerprint density at radius 3 is 2.88 bits per heavy atom. The maximum atomic E-state index is 12.4. The first-order valence-electron chi connectivity index (χ1n) is 8.61. The second-order valence-electron chi connectivity index (χ2n) is 6.73. The molecule has 0 bridgehead atoms. The van der Waals surface area contributed by atoms with Crippen molar-refractivity contribution in [3.63, 3.8) is 0 Å². The number of allylic oxidation sites excluding steroid dienone is 2. The van der Waals surface area contributed by atoms with Crippen LogP contribution in [-0.2, 0) is 6.54 Å². The number of imidazole rings is 1. The summed E-state index contributed by atoms with van der Waals surface area (Å²) in [5.41, 5.74) is 1.33. The molecule has 3 rings (SSSR count). The summed E-state index contributed by atoms with van der Waals surface area (Å²) in [6, 6.07) is -0.177. The fraction of sp³-hybridized carbons (Fsp3) is 0.529. The molecule has 2 N–H and O–H groups in total. The van der Waals surface area contributed by atoms with Crippen molar-refractivity contribution in [3.05, 3.63) is 28.0 Å². The number of piperidine rings is 1. The minimum absolute atomic E-state index is 0.177. The van der Waals surface area contributed by atoms with Gasteiger partial charge in [-0.2, -0.15) is 9.97 Å². The van der Waals surface area contributed by atoms with Gasteiger partial charge in [-0.05, 0) is 26.7 Å². The van der Waals surface area contributed by atoms with E-state index in [4.69, 9.17) is 9.52 Å². The quantitative estimate of drug-likeness (QED) is 0.799. The van der Waals surface area contributed by atoms with Crippen molar-refractivity contribution in [1.82, 2.24) is 19.9 Å². The first-order valence-corrected chi connectivity index (χ1v) is 8.61. The lowest BCUT2D eigenvalue weighted by Gasteiger charge is -2.33. The number of fused-ring (bicyclic) bond motifs is 1. The van der Waals surface area contributed by atoms with E-state index in [1.807, 2.05) is 24.8 Å².